The first kappa shape index (κ1) is 19.9. The van der Waals surface area contributed by atoms with Gasteiger partial charge in [0.2, 0.25) is 12.5 Å². The number of hydrogen-bond donors (Lipinski definition) is 0. The lowest BCUT2D eigenvalue weighted by Crippen LogP contribution is -2.40. The fourth-order valence-electron chi connectivity index (χ4n) is 4.71. The molecule has 2 aromatic carbocycles. The lowest BCUT2D eigenvalue weighted by Gasteiger charge is -2.18. The third-order valence-electron chi connectivity index (χ3n) is 6.38. The fraction of sp³-hybridized carbons (Fsp3) is 0.259. The first-order valence-electron chi connectivity index (χ1n) is 11.3. The Bertz CT molecular complexity index is 1340. The molecule has 2 aliphatic rings. The van der Waals surface area contributed by atoms with Crippen LogP contribution in [0.25, 0.3) is 22.0 Å². The smallest absolute Gasteiger partial charge is 0.231 e. The molecule has 33 heavy (non-hydrogen) atoms. The minimum absolute atomic E-state index is 0.291. The maximum atomic E-state index is 6.30. The number of nitrogens with zero attached hydrogens (tertiary/aromatic N) is 2. The van der Waals surface area contributed by atoms with Gasteiger partial charge in [-0.1, -0.05) is 6.07 Å². The van der Waals surface area contributed by atoms with Crippen molar-refractivity contribution in [2.75, 3.05) is 20.5 Å². The quantitative estimate of drug-likeness (QED) is 0.336. The van der Waals surface area contributed by atoms with Crippen molar-refractivity contribution in [2.24, 2.45) is 0 Å². The average Bonchev–Trinajstić information content (AvgIpc) is 3.32. The highest BCUT2D eigenvalue weighted by Gasteiger charge is 2.28. The van der Waals surface area contributed by atoms with Crippen molar-refractivity contribution >= 4 is 10.8 Å². The zero-order valence-corrected chi connectivity index (χ0v) is 18.6. The molecule has 4 aromatic rings. The molecule has 2 aromatic heterocycles. The van der Waals surface area contributed by atoms with E-state index in [4.69, 9.17) is 18.9 Å². The lowest BCUT2D eigenvalue weighted by atomic mass is 9.95. The van der Waals surface area contributed by atoms with Gasteiger partial charge in [0.05, 0.1) is 24.7 Å². The van der Waals surface area contributed by atoms with Crippen molar-refractivity contribution in [2.45, 2.75) is 25.9 Å². The van der Waals surface area contributed by atoms with E-state index in [1.807, 2.05) is 24.3 Å². The minimum Gasteiger partial charge on any atom is -0.493 e. The highest BCUT2D eigenvalue weighted by molar-refractivity contribution is 5.91. The van der Waals surface area contributed by atoms with Gasteiger partial charge < -0.3 is 18.9 Å². The molecule has 6 heteroatoms. The van der Waals surface area contributed by atoms with Gasteiger partial charge in [-0.2, -0.15) is 4.57 Å². The molecule has 0 N–H and O–H groups in total. The lowest BCUT2D eigenvalue weighted by molar-refractivity contribution is -0.697. The van der Waals surface area contributed by atoms with E-state index >= 15 is 0 Å². The molecule has 4 heterocycles. The Hall–Kier alpha value is -3.80. The summed E-state index contributed by atoms with van der Waals surface area (Å²) < 4.78 is 27.6. The van der Waals surface area contributed by atoms with Crippen molar-refractivity contribution in [3.05, 3.63) is 72.7 Å². The van der Waals surface area contributed by atoms with Crippen LogP contribution in [-0.2, 0) is 19.5 Å². The summed E-state index contributed by atoms with van der Waals surface area (Å²) in [4.78, 5) is 0. The van der Waals surface area contributed by atoms with Crippen molar-refractivity contribution in [3.63, 3.8) is 0 Å². The second-order valence-electron chi connectivity index (χ2n) is 8.38. The molecule has 0 saturated carbocycles. The van der Waals surface area contributed by atoms with Gasteiger partial charge in [-0.3, -0.25) is 0 Å². The SMILES string of the molecule is COc1ccc2cc3[n+](cc2c1OCCC[n+]1ccccc1)CCc1cc2c(cc1-3)OCO2. The van der Waals surface area contributed by atoms with Crippen LogP contribution in [0.2, 0.25) is 0 Å². The van der Waals surface area contributed by atoms with Crippen LogP contribution >= 0.6 is 0 Å². The topological polar surface area (TPSA) is 44.7 Å². The summed E-state index contributed by atoms with van der Waals surface area (Å²) in [6, 6.07) is 16.7. The molecular formula is C27H26N2O4+2. The Kier molecular flexibility index (Phi) is 4.98. The third kappa shape index (κ3) is 3.61. The Morgan fingerprint density at radius 3 is 2.70 bits per heavy atom. The molecule has 0 unspecified atom stereocenters. The Morgan fingerprint density at radius 1 is 1.00 bits per heavy atom. The van der Waals surface area contributed by atoms with Gasteiger partial charge in [0.25, 0.3) is 0 Å². The van der Waals surface area contributed by atoms with Crippen LogP contribution < -0.4 is 28.1 Å². The molecule has 0 spiro atoms. The Morgan fingerprint density at radius 2 is 1.85 bits per heavy atom. The summed E-state index contributed by atoms with van der Waals surface area (Å²) in [5.74, 6) is 3.23. The summed E-state index contributed by atoms with van der Waals surface area (Å²) >= 11 is 0. The van der Waals surface area contributed by atoms with Crippen molar-refractivity contribution < 1.29 is 28.1 Å². The standard InChI is InChI=1S/C27H26N2O4/c1-30-24-7-6-19-14-23-21-16-26-25(32-18-33-26)15-20(21)8-12-29(23)17-22(19)27(24)31-13-5-11-28-9-3-2-4-10-28/h2-4,6-7,9-10,14-17H,5,8,11-13,18H2,1H3/q+2. The van der Waals surface area contributed by atoms with E-state index in [9.17, 15) is 0 Å². The second-order valence-corrected chi connectivity index (χ2v) is 8.38. The Balaban J connectivity index is 1.33. The molecule has 6 nitrogen and oxygen atoms in total. The number of fused-ring (bicyclic) bond motifs is 5. The highest BCUT2D eigenvalue weighted by atomic mass is 16.7. The van der Waals surface area contributed by atoms with Crippen LogP contribution in [0.15, 0.2) is 67.1 Å². The van der Waals surface area contributed by atoms with Gasteiger partial charge in [-0.05, 0) is 35.2 Å². The normalized spacial score (nSPS) is 13.5. The fourth-order valence-corrected chi connectivity index (χ4v) is 4.71. The third-order valence-corrected chi connectivity index (χ3v) is 6.38. The van der Waals surface area contributed by atoms with E-state index in [1.165, 1.54) is 16.8 Å². The molecule has 2 aliphatic heterocycles. The van der Waals surface area contributed by atoms with Gasteiger partial charge in [0.15, 0.2) is 54.7 Å². The van der Waals surface area contributed by atoms with Crippen LogP contribution in [0.4, 0.5) is 0 Å². The molecule has 0 saturated heterocycles. The van der Waals surface area contributed by atoms with Gasteiger partial charge in [-0.15, -0.1) is 0 Å². The van der Waals surface area contributed by atoms with Crippen molar-refractivity contribution in [3.8, 4) is 34.3 Å². The number of ether oxygens (including phenoxy) is 4. The van der Waals surface area contributed by atoms with Crippen LogP contribution in [0, 0.1) is 0 Å². The number of methoxy groups -OCH3 is 1. The maximum absolute atomic E-state index is 6.30. The Labute approximate surface area is 192 Å². The van der Waals surface area contributed by atoms with E-state index in [0.717, 1.165) is 59.7 Å². The zero-order chi connectivity index (χ0) is 22.2. The van der Waals surface area contributed by atoms with Crippen molar-refractivity contribution in [1.29, 1.82) is 0 Å². The molecule has 0 fully saturated rings. The van der Waals surface area contributed by atoms with Gasteiger partial charge in [0.1, 0.15) is 0 Å². The van der Waals surface area contributed by atoms with Crippen LogP contribution in [-0.4, -0.2) is 20.5 Å². The van der Waals surface area contributed by atoms with Gasteiger partial charge in [-0.25, -0.2) is 4.57 Å². The van der Waals surface area contributed by atoms with E-state index in [0.29, 0.717) is 13.4 Å². The predicted molar refractivity (Wildman–Crippen MR) is 123 cm³/mol. The molecule has 166 valence electrons. The molecule has 0 amide bonds. The van der Waals surface area contributed by atoms with Crippen LogP contribution in [0.5, 0.6) is 23.0 Å². The molecule has 0 radical (unpaired) electrons. The number of aromatic nitrogens is 2. The first-order valence-corrected chi connectivity index (χ1v) is 11.3. The molecule has 0 atom stereocenters. The van der Waals surface area contributed by atoms with Crippen LogP contribution in [0.1, 0.15) is 12.0 Å². The van der Waals surface area contributed by atoms with Crippen molar-refractivity contribution in [1.82, 2.24) is 0 Å². The molecule has 0 bridgehead atoms. The summed E-state index contributed by atoms with van der Waals surface area (Å²) in [7, 11) is 1.69. The minimum atomic E-state index is 0.291. The van der Waals surface area contributed by atoms with E-state index in [2.05, 4.69) is 52.0 Å². The maximum Gasteiger partial charge on any atom is 0.231 e. The van der Waals surface area contributed by atoms with E-state index in [1.54, 1.807) is 7.11 Å². The number of hydrogen-bond acceptors (Lipinski definition) is 4. The monoisotopic (exact) mass is 442 g/mol. The van der Waals surface area contributed by atoms with Gasteiger partial charge in [0, 0.05) is 31.0 Å². The summed E-state index contributed by atoms with van der Waals surface area (Å²) in [6.45, 7) is 2.72. The van der Waals surface area contributed by atoms with Gasteiger partial charge >= 0.3 is 0 Å². The summed E-state index contributed by atoms with van der Waals surface area (Å²) in [5.41, 5.74) is 3.67. The number of pyridine rings is 2. The van der Waals surface area contributed by atoms with E-state index < -0.39 is 0 Å². The number of aryl methyl sites for hydroxylation is 3. The van der Waals surface area contributed by atoms with Crippen LogP contribution in [0.3, 0.4) is 0 Å². The molecule has 0 aliphatic carbocycles. The summed E-state index contributed by atoms with van der Waals surface area (Å²) in [6.07, 6.45) is 8.20. The van der Waals surface area contributed by atoms with E-state index in [-0.39, 0.29) is 0 Å². The first-order chi connectivity index (χ1) is 16.3. The highest BCUT2D eigenvalue weighted by Crippen LogP contribution is 2.41. The molecule has 6 rings (SSSR count). The largest absolute Gasteiger partial charge is 0.493 e. The molecular weight excluding hydrogens is 416 g/mol. The second kappa shape index (κ2) is 8.28. The predicted octanol–water partition coefficient (Wildman–Crippen LogP) is 3.84. The zero-order valence-electron chi connectivity index (χ0n) is 18.6. The average molecular weight is 443 g/mol. The summed E-state index contributed by atoms with van der Waals surface area (Å²) in [5, 5.41) is 2.19. The number of benzene rings is 2. The number of rotatable bonds is 6.